The number of fused-ring (bicyclic) bond motifs is 1. The predicted octanol–water partition coefficient (Wildman–Crippen LogP) is 4.68. The summed E-state index contributed by atoms with van der Waals surface area (Å²) in [5.41, 5.74) is 3.24. The minimum absolute atomic E-state index is 0.183. The van der Waals surface area contributed by atoms with E-state index in [1.54, 1.807) is 13.2 Å². The molecule has 0 N–H and O–H groups in total. The van der Waals surface area contributed by atoms with Gasteiger partial charge in [-0.2, -0.15) is 0 Å². The Morgan fingerprint density at radius 2 is 1.85 bits per heavy atom. The van der Waals surface area contributed by atoms with Gasteiger partial charge in [0, 0.05) is 55.6 Å². The fourth-order valence-corrected chi connectivity index (χ4v) is 4.81. The smallest absolute Gasteiger partial charge is 0.336 e. The zero-order chi connectivity index (χ0) is 24.1. The van der Waals surface area contributed by atoms with Crippen molar-refractivity contribution in [2.24, 2.45) is 0 Å². The van der Waals surface area contributed by atoms with Crippen molar-refractivity contribution in [1.82, 2.24) is 9.80 Å². The normalized spacial score (nSPS) is 14.9. The van der Waals surface area contributed by atoms with E-state index in [-0.39, 0.29) is 11.5 Å². The quantitative estimate of drug-likeness (QED) is 0.457. The zero-order valence-electron chi connectivity index (χ0n) is 19.8. The fourth-order valence-electron chi connectivity index (χ4n) is 4.51. The van der Waals surface area contributed by atoms with E-state index in [0.29, 0.717) is 30.1 Å². The molecule has 1 aliphatic heterocycles. The van der Waals surface area contributed by atoms with Crippen LogP contribution < -0.4 is 10.4 Å². The molecule has 3 aromatic rings. The van der Waals surface area contributed by atoms with Crippen LogP contribution in [0.1, 0.15) is 36.5 Å². The lowest BCUT2D eigenvalue weighted by Crippen LogP contribution is -2.35. The predicted molar refractivity (Wildman–Crippen MR) is 135 cm³/mol. The van der Waals surface area contributed by atoms with Crippen LogP contribution in [0.25, 0.3) is 11.0 Å². The van der Waals surface area contributed by atoms with Gasteiger partial charge in [-0.05, 0) is 60.2 Å². The maximum absolute atomic E-state index is 12.8. The summed E-state index contributed by atoms with van der Waals surface area (Å²) in [7, 11) is 1.65. The summed E-state index contributed by atoms with van der Waals surface area (Å²) in [6, 6.07) is 13.2. The minimum atomic E-state index is -0.350. The summed E-state index contributed by atoms with van der Waals surface area (Å²) in [6.07, 6.45) is 2.88. The van der Waals surface area contributed by atoms with Gasteiger partial charge in [0.1, 0.15) is 11.3 Å². The summed E-state index contributed by atoms with van der Waals surface area (Å²) < 4.78 is 10.6. The molecule has 1 aromatic heterocycles. The van der Waals surface area contributed by atoms with Gasteiger partial charge >= 0.3 is 5.63 Å². The molecule has 0 aliphatic carbocycles. The number of hydrogen-bond donors (Lipinski definition) is 0. The summed E-state index contributed by atoms with van der Waals surface area (Å²) in [6.45, 7) is 5.71. The molecule has 0 unspecified atom stereocenters. The molecule has 1 aliphatic rings. The molecule has 0 saturated carbocycles. The van der Waals surface area contributed by atoms with Crippen LogP contribution in [0.4, 0.5) is 0 Å². The SMILES string of the molecule is CCc1cc2oc(=O)cc(CN3CCCN(C(=O)CCc4ccc(OC)cc4)CC3)c2cc1Cl. The summed E-state index contributed by atoms with van der Waals surface area (Å²) in [5, 5.41) is 1.56. The Morgan fingerprint density at radius 3 is 2.59 bits per heavy atom. The number of aryl methyl sites for hydroxylation is 2. The molecule has 2 aromatic carbocycles. The van der Waals surface area contributed by atoms with E-state index >= 15 is 0 Å². The van der Waals surface area contributed by atoms with Gasteiger partial charge in [0.2, 0.25) is 5.91 Å². The Bertz CT molecular complexity index is 1210. The molecule has 0 radical (unpaired) electrons. The average molecular weight is 483 g/mol. The lowest BCUT2D eigenvalue weighted by Gasteiger charge is -2.22. The summed E-state index contributed by atoms with van der Waals surface area (Å²) >= 11 is 6.44. The van der Waals surface area contributed by atoms with Crippen LogP contribution in [0.15, 0.2) is 51.7 Å². The maximum Gasteiger partial charge on any atom is 0.336 e. The van der Waals surface area contributed by atoms with Gasteiger partial charge < -0.3 is 14.1 Å². The zero-order valence-corrected chi connectivity index (χ0v) is 20.6. The molecule has 34 heavy (non-hydrogen) atoms. The standard InChI is InChI=1S/C27H31ClN2O4/c1-3-20-15-25-23(17-24(20)28)21(16-27(32)34-25)18-29-11-4-12-30(14-13-29)26(31)10-7-19-5-8-22(33-2)9-6-19/h5-6,8-9,15-17H,3-4,7,10-14,18H2,1-2H3. The highest BCUT2D eigenvalue weighted by molar-refractivity contribution is 6.32. The maximum atomic E-state index is 12.8. The first kappa shape index (κ1) is 24.3. The molecule has 180 valence electrons. The Hall–Kier alpha value is -2.83. The second kappa shape index (κ2) is 11.1. The highest BCUT2D eigenvalue weighted by Gasteiger charge is 2.20. The highest BCUT2D eigenvalue weighted by Crippen LogP contribution is 2.27. The molecule has 2 heterocycles. The van der Waals surface area contributed by atoms with Crippen molar-refractivity contribution in [2.75, 3.05) is 33.3 Å². The second-order valence-corrected chi connectivity index (χ2v) is 9.15. The Labute approximate surface area is 205 Å². The number of hydrogen-bond acceptors (Lipinski definition) is 5. The van der Waals surface area contributed by atoms with E-state index in [1.165, 1.54) is 0 Å². The van der Waals surface area contributed by atoms with Gasteiger partial charge in [0.25, 0.3) is 0 Å². The third-order valence-corrected chi connectivity index (χ3v) is 6.85. The van der Waals surface area contributed by atoms with Crippen molar-refractivity contribution in [1.29, 1.82) is 0 Å². The first-order chi connectivity index (χ1) is 16.5. The van der Waals surface area contributed by atoms with Gasteiger partial charge in [-0.25, -0.2) is 4.79 Å². The van der Waals surface area contributed by atoms with Crippen LogP contribution in [0.5, 0.6) is 5.75 Å². The van der Waals surface area contributed by atoms with Crippen molar-refractivity contribution < 1.29 is 13.9 Å². The van der Waals surface area contributed by atoms with E-state index in [1.807, 2.05) is 48.2 Å². The minimum Gasteiger partial charge on any atom is -0.497 e. The fraction of sp³-hybridized carbons (Fsp3) is 0.407. The van der Waals surface area contributed by atoms with Gasteiger partial charge in [0.15, 0.2) is 0 Å². The summed E-state index contributed by atoms with van der Waals surface area (Å²) in [5.74, 6) is 1.00. The van der Waals surface area contributed by atoms with Gasteiger partial charge in [0.05, 0.1) is 7.11 Å². The van der Waals surface area contributed by atoms with E-state index in [4.69, 9.17) is 20.8 Å². The molecule has 6 nitrogen and oxygen atoms in total. The van der Waals surface area contributed by atoms with Gasteiger partial charge in [-0.3, -0.25) is 9.69 Å². The molecule has 1 saturated heterocycles. The number of amides is 1. The van der Waals surface area contributed by atoms with E-state index < -0.39 is 0 Å². The van der Waals surface area contributed by atoms with Crippen LogP contribution in [-0.2, 0) is 24.2 Å². The highest BCUT2D eigenvalue weighted by atomic mass is 35.5. The first-order valence-corrected chi connectivity index (χ1v) is 12.2. The molecule has 1 fully saturated rings. The number of carbonyl (C=O) groups excluding carboxylic acids is 1. The van der Waals surface area contributed by atoms with Gasteiger partial charge in [-0.1, -0.05) is 30.7 Å². The van der Waals surface area contributed by atoms with Crippen molar-refractivity contribution in [3.63, 3.8) is 0 Å². The van der Waals surface area contributed by atoms with E-state index in [2.05, 4.69) is 4.90 Å². The lowest BCUT2D eigenvalue weighted by atomic mass is 10.1. The number of benzene rings is 2. The van der Waals surface area contributed by atoms with Crippen LogP contribution in [0, 0.1) is 0 Å². The summed E-state index contributed by atoms with van der Waals surface area (Å²) in [4.78, 5) is 29.3. The molecule has 1 amide bonds. The Kier molecular flexibility index (Phi) is 7.91. The molecular formula is C27H31ClN2O4. The third-order valence-electron chi connectivity index (χ3n) is 6.50. The largest absolute Gasteiger partial charge is 0.497 e. The number of methoxy groups -OCH3 is 1. The van der Waals surface area contributed by atoms with Crippen LogP contribution in [0.3, 0.4) is 0 Å². The second-order valence-electron chi connectivity index (χ2n) is 8.74. The number of rotatable bonds is 7. The average Bonchev–Trinajstić information content (AvgIpc) is 3.08. The van der Waals surface area contributed by atoms with Crippen molar-refractivity contribution in [3.05, 3.63) is 74.6 Å². The molecule has 0 bridgehead atoms. The number of halogens is 1. The third kappa shape index (κ3) is 5.80. The van der Waals surface area contributed by atoms with Crippen molar-refractivity contribution in [3.8, 4) is 5.75 Å². The number of ether oxygens (including phenoxy) is 1. The lowest BCUT2D eigenvalue weighted by molar-refractivity contribution is -0.131. The van der Waals surface area contributed by atoms with E-state index in [0.717, 1.165) is 66.7 Å². The number of nitrogens with zero attached hydrogens (tertiary/aromatic N) is 2. The molecular weight excluding hydrogens is 452 g/mol. The van der Waals surface area contributed by atoms with Crippen LogP contribution in [0.2, 0.25) is 5.02 Å². The van der Waals surface area contributed by atoms with Crippen molar-refractivity contribution in [2.45, 2.75) is 39.2 Å². The first-order valence-electron chi connectivity index (χ1n) is 11.8. The van der Waals surface area contributed by atoms with Crippen molar-refractivity contribution >= 4 is 28.5 Å². The van der Waals surface area contributed by atoms with E-state index in [9.17, 15) is 9.59 Å². The van der Waals surface area contributed by atoms with Gasteiger partial charge in [-0.15, -0.1) is 0 Å². The Balaban J connectivity index is 1.38. The number of carbonyl (C=O) groups is 1. The Morgan fingerprint density at radius 1 is 1.06 bits per heavy atom. The molecule has 0 atom stereocenters. The van der Waals surface area contributed by atoms with Crippen LogP contribution in [-0.4, -0.2) is 49.0 Å². The molecule has 0 spiro atoms. The topological polar surface area (TPSA) is 63.0 Å². The molecule has 7 heteroatoms. The van der Waals surface area contributed by atoms with Crippen LogP contribution >= 0.6 is 11.6 Å². The monoisotopic (exact) mass is 482 g/mol. The molecule has 4 rings (SSSR count).